The van der Waals surface area contributed by atoms with Gasteiger partial charge in [-0.25, -0.2) is 0 Å². The molecule has 0 bridgehead atoms. The number of hydrogen-bond acceptors (Lipinski definition) is 3. The van der Waals surface area contributed by atoms with E-state index in [0.717, 1.165) is 7.14 Å². The van der Waals surface area contributed by atoms with Crippen LogP contribution in [0.4, 0.5) is 5.69 Å². The molecule has 0 radical (unpaired) electrons. The summed E-state index contributed by atoms with van der Waals surface area (Å²) in [5.41, 5.74) is 6.79. The standard InChI is InChI=1S/C9H7I3N2O3/c10-3-1-4(11)8(13)7(12)6(3)9(17)14-2-5(15)16/h1H,2,13H2,(H,14,17)(H,15,16). The quantitative estimate of drug-likeness (QED) is 0.382. The summed E-state index contributed by atoms with van der Waals surface area (Å²) in [6.07, 6.45) is 0. The molecule has 17 heavy (non-hydrogen) atoms. The highest BCUT2D eigenvalue weighted by atomic mass is 127. The average Bonchev–Trinajstić information content (AvgIpc) is 2.23. The number of carboxylic acids is 1. The number of rotatable bonds is 3. The van der Waals surface area contributed by atoms with E-state index in [-0.39, 0.29) is 0 Å². The Morgan fingerprint density at radius 1 is 1.29 bits per heavy atom. The van der Waals surface area contributed by atoms with Gasteiger partial charge in [0.2, 0.25) is 0 Å². The molecule has 1 amide bonds. The van der Waals surface area contributed by atoms with Gasteiger partial charge in [-0.3, -0.25) is 9.59 Å². The molecule has 0 spiro atoms. The van der Waals surface area contributed by atoms with E-state index >= 15 is 0 Å². The Bertz CT molecular complexity index is 491. The van der Waals surface area contributed by atoms with Crippen molar-refractivity contribution in [1.82, 2.24) is 5.32 Å². The summed E-state index contributed by atoms with van der Waals surface area (Å²) in [6, 6.07) is 1.79. The fraction of sp³-hybridized carbons (Fsp3) is 0.111. The van der Waals surface area contributed by atoms with Crippen molar-refractivity contribution in [1.29, 1.82) is 0 Å². The van der Waals surface area contributed by atoms with Gasteiger partial charge in [-0.2, -0.15) is 0 Å². The van der Waals surface area contributed by atoms with Crippen LogP contribution in [0.2, 0.25) is 0 Å². The zero-order valence-corrected chi connectivity index (χ0v) is 14.7. The monoisotopic (exact) mass is 572 g/mol. The van der Waals surface area contributed by atoms with Crippen molar-refractivity contribution in [3.05, 3.63) is 22.3 Å². The van der Waals surface area contributed by atoms with Gasteiger partial charge < -0.3 is 16.2 Å². The lowest BCUT2D eigenvalue weighted by molar-refractivity contribution is -0.135. The lowest BCUT2D eigenvalue weighted by Gasteiger charge is -2.11. The normalized spacial score (nSPS) is 10.1. The van der Waals surface area contributed by atoms with Crippen molar-refractivity contribution < 1.29 is 14.7 Å². The molecule has 92 valence electrons. The van der Waals surface area contributed by atoms with Gasteiger partial charge in [-0.1, -0.05) is 0 Å². The third kappa shape index (κ3) is 3.81. The van der Waals surface area contributed by atoms with Gasteiger partial charge >= 0.3 is 5.97 Å². The highest BCUT2D eigenvalue weighted by molar-refractivity contribution is 14.1. The summed E-state index contributed by atoms with van der Waals surface area (Å²) in [7, 11) is 0. The summed E-state index contributed by atoms with van der Waals surface area (Å²) in [4.78, 5) is 22.2. The van der Waals surface area contributed by atoms with Crippen molar-refractivity contribution >= 4 is 85.3 Å². The van der Waals surface area contributed by atoms with E-state index in [1.54, 1.807) is 6.07 Å². The molecule has 0 unspecified atom stereocenters. The molecule has 0 aliphatic rings. The Hall–Kier alpha value is 0.150. The Morgan fingerprint density at radius 3 is 2.41 bits per heavy atom. The Balaban J connectivity index is 3.10. The summed E-state index contributed by atoms with van der Waals surface area (Å²) in [5, 5.41) is 10.8. The molecular weight excluding hydrogens is 565 g/mol. The van der Waals surface area contributed by atoms with Crippen LogP contribution in [0.15, 0.2) is 6.07 Å². The van der Waals surface area contributed by atoms with Gasteiger partial charge in [0, 0.05) is 7.14 Å². The van der Waals surface area contributed by atoms with Gasteiger partial charge in [0.25, 0.3) is 5.91 Å². The molecule has 0 aromatic heterocycles. The first-order valence-corrected chi connectivity index (χ1v) is 7.51. The maximum Gasteiger partial charge on any atom is 0.322 e. The second kappa shape index (κ2) is 6.36. The van der Waals surface area contributed by atoms with E-state index in [1.165, 1.54) is 0 Å². The summed E-state index contributed by atoms with van der Waals surface area (Å²) in [5.74, 6) is -1.51. The van der Waals surface area contributed by atoms with Crippen LogP contribution in [0, 0.1) is 10.7 Å². The zero-order chi connectivity index (χ0) is 13.2. The van der Waals surface area contributed by atoms with Crippen molar-refractivity contribution in [2.75, 3.05) is 12.3 Å². The predicted molar refractivity (Wildman–Crippen MR) is 89.0 cm³/mol. The lowest BCUT2D eigenvalue weighted by atomic mass is 10.2. The average molecular weight is 572 g/mol. The van der Waals surface area contributed by atoms with Crippen molar-refractivity contribution in [2.45, 2.75) is 0 Å². The van der Waals surface area contributed by atoms with Crippen LogP contribution in [-0.2, 0) is 4.79 Å². The fourth-order valence-electron chi connectivity index (χ4n) is 1.06. The molecule has 0 saturated carbocycles. The molecule has 5 nitrogen and oxygen atoms in total. The number of carbonyl (C=O) groups excluding carboxylic acids is 1. The molecule has 1 aromatic carbocycles. The number of amides is 1. The maximum atomic E-state index is 11.8. The van der Waals surface area contributed by atoms with Gasteiger partial charge in [0.1, 0.15) is 6.54 Å². The SMILES string of the molecule is Nc1c(I)cc(I)c(C(=O)NCC(=O)O)c1I. The number of nitrogens with two attached hydrogens (primary N) is 1. The molecule has 0 aliphatic carbocycles. The minimum atomic E-state index is -1.08. The predicted octanol–water partition coefficient (Wildman–Crippen LogP) is 1.90. The molecule has 0 aliphatic heterocycles. The highest BCUT2D eigenvalue weighted by Crippen LogP contribution is 2.29. The second-order valence-corrected chi connectivity index (χ2v) is 6.42. The first kappa shape index (κ1) is 15.2. The minimum absolute atomic E-state index is 0.406. The molecule has 4 N–H and O–H groups in total. The topological polar surface area (TPSA) is 92.4 Å². The first-order chi connectivity index (χ1) is 7.84. The molecule has 0 atom stereocenters. The largest absolute Gasteiger partial charge is 0.480 e. The number of benzene rings is 1. The minimum Gasteiger partial charge on any atom is -0.480 e. The zero-order valence-electron chi connectivity index (χ0n) is 8.26. The number of aliphatic carboxylic acids is 1. The Labute approximate surface area is 138 Å². The number of carbonyl (C=O) groups is 2. The van der Waals surface area contributed by atoms with Crippen LogP contribution in [0.1, 0.15) is 10.4 Å². The molecule has 0 fully saturated rings. The molecule has 1 aromatic rings. The van der Waals surface area contributed by atoms with E-state index in [1.807, 2.05) is 45.2 Å². The number of halogens is 3. The fourth-order valence-corrected chi connectivity index (χ4v) is 4.92. The van der Waals surface area contributed by atoms with E-state index in [9.17, 15) is 9.59 Å². The van der Waals surface area contributed by atoms with Gasteiger partial charge in [0.05, 0.1) is 14.8 Å². The third-order valence-electron chi connectivity index (χ3n) is 1.83. The number of anilines is 1. The van der Waals surface area contributed by atoms with Crippen LogP contribution in [0.3, 0.4) is 0 Å². The Kier molecular flexibility index (Phi) is 5.69. The van der Waals surface area contributed by atoms with E-state index < -0.39 is 18.4 Å². The molecular formula is C9H7I3N2O3. The lowest BCUT2D eigenvalue weighted by Crippen LogP contribution is -2.30. The number of carboxylic acid groups (broad SMARTS) is 1. The highest BCUT2D eigenvalue weighted by Gasteiger charge is 2.18. The third-order valence-corrected chi connectivity index (χ3v) is 4.70. The van der Waals surface area contributed by atoms with Crippen LogP contribution < -0.4 is 11.1 Å². The van der Waals surface area contributed by atoms with Gasteiger partial charge in [-0.15, -0.1) is 0 Å². The van der Waals surface area contributed by atoms with Crippen LogP contribution >= 0.6 is 67.8 Å². The summed E-state index contributed by atoms with van der Waals surface area (Å²) in [6.45, 7) is -0.406. The summed E-state index contributed by atoms with van der Waals surface area (Å²) >= 11 is 6.10. The second-order valence-electron chi connectivity index (χ2n) is 3.02. The Morgan fingerprint density at radius 2 is 1.88 bits per heavy atom. The smallest absolute Gasteiger partial charge is 0.322 e. The van der Waals surface area contributed by atoms with Gasteiger partial charge in [0.15, 0.2) is 0 Å². The maximum absolute atomic E-state index is 11.8. The van der Waals surface area contributed by atoms with Crippen LogP contribution in [-0.4, -0.2) is 23.5 Å². The molecule has 1 rings (SSSR count). The van der Waals surface area contributed by atoms with Crippen molar-refractivity contribution in [2.24, 2.45) is 0 Å². The van der Waals surface area contributed by atoms with E-state index in [2.05, 4.69) is 27.9 Å². The number of nitrogens with one attached hydrogen (secondary N) is 1. The van der Waals surface area contributed by atoms with E-state index in [4.69, 9.17) is 10.8 Å². The molecule has 8 heteroatoms. The van der Waals surface area contributed by atoms with Crippen LogP contribution in [0.25, 0.3) is 0 Å². The number of hydrogen-bond donors (Lipinski definition) is 3. The van der Waals surface area contributed by atoms with Crippen molar-refractivity contribution in [3.63, 3.8) is 0 Å². The van der Waals surface area contributed by atoms with Crippen molar-refractivity contribution in [3.8, 4) is 0 Å². The number of nitrogen functional groups attached to an aromatic ring is 1. The molecule has 0 saturated heterocycles. The summed E-state index contributed by atoms with van der Waals surface area (Å²) < 4.78 is 2.25. The van der Waals surface area contributed by atoms with Crippen LogP contribution in [0.5, 0.6) is 0 Å². The van der Waals surface area contributed by atoms with E-state index in [0.29, 0.717) is 14.8 Å². The van der Waals surface area contributed by atoms with Gasteiger partial charge in [-0.05, 0) is 73.8 Å². The first-order valence-electron chi connectivity index (χ1n) is 4.27. The molecule has 0 heterocycles.